The first-order valence-electron chi connectivity index (χ1n) is 5.11. The first-order valence-corrected chi connectivity index (χ1v) is 5.90. The highest BCUT2D eigenvalue weighted by Gasteiger charge is 2.09. The number of hydrogen-bond acceptors (Lipinski definition) is 2. The Balaban J connectivity index is 2.47. The third-order valence-corrected chi connectivity index (χ3v) is 2.36. The molecule has 0 aliphatic heterocycles. The maximum absolute atomic E-state index is 13.3. The normalized spacial score (nSPS) is 10.5. The van der Waals surface area contributed by atoms with Crippen LogP contribution in [0.4, 0.5) is 14.5 Å². The molecule has 2 nitrogen and oxygen atoms in total. The Hall–Kier alpha value is -0.680. The number of rotatable bonds is 6. The first-order chi connectivity index (χ1) is 7.65. The summed E-state index contributed by atoms with van der Waals surface area (Å²) in [5.41, 5.74) is -0.108. The van der Waals surface area contributed by atoms with Crippen LogP contribution < -0.4 is 5.32 Å². The second kappa shape index (κ2) is 6.81. The predicted octanol–water partition coefficient (Wildman–Crippen LogP) is 3.57. The molecule has 0 atom stereocenters. The summed E-state index contributed by atoms with van der Waals surface area (Å²) in [4.78, 5) is 0. The van der Waals surface area contributed by atoms with Gasteiger partial charge in [-0.3, -0.25) is 0 Å². The van der Waals surface area contributed by atoms with Crippen LogP contribution in [-0.4, -0.2) is 19.8 Å². The maximum Gasteiger partial charge on any atom is 0.150 e. The Labute approximate surface area is 102 Å². The predicted molar refractivity (Wildman–Crippen MR) is 63.7 cm³/mol. The van der Waals surface area contributed by atoms with Gasteiger partial charge >= 0.3 is 0 Å². The van der Waals surface area contributed by atoms with Crippen molar-refractivity contribution in [2.45, 2.75) is 13.3 Å². The Morgan fingerprint density at radius 1 is 1.25 bits per heavy atom. The van der Waals surface area contributed by atoms with E-state index >= 15 is 0 Å². The number of hydrogen-bond donors (Lipinski definition) is 1. The molecule has 0 amide bonds. The molecule has 1 aromatic carbocycles. The quantitative estimate of drug-likeness (QED) is 0.810. The van der Waals surface area contributed by atoms with Gasteiger partial charge in [0, 0.05) is 17.6 Å². The molecule has 90 valence electrons. The van der Waals surface area contributed by atoms with E-state index in [2.05, 4.69) is 21.2 Å². The molecule has 0 bridgehead atoms. The highest BCUT2D eigenvalue weighted by atomic mass is 79.9. The number of nitrogens with one attached hydrogen (secondary N) is 1. The van der Waals surface area contributed by atoms with Crippen LogP contribution in [0, 0.1) is 11.6 Å². The molecule has 0 fully saturated rings. The fourth-order valence-electron chi connectivity index (χ4n) is 1.21. The minimum atomic E-state index is -0.609. The molecule has 1 rings (SSSR count). The molecule has 1 N–H and O–H groups in total. The van der Waals surface area contributed by atoms with Crippen molar-refractivity contribution in [3.05, 3.63) is 28.2 Å². The highest BCUT2D eigenvalue weighted by molar-refractivity contribution is 9.10. The summed E-state index contributed by atoms with van der Waals surface area (Å²) in [6.45, 7) is 3.48. The van der Waals surface area contributed by atoms with E-state index in [-0.39, 0.29) is 5.69 Å². The lowest BCUT2D eigenvalue weighted by atomic mass is 10.3. The summed E-state index contributed by atoms with van der Waals surface area (Å²) in [5.74, 6) is -1.22. The maximum atomic E-state index is 13.3. The third-order valence-electron chi connectivity index (χ3n) is 1.90. The SMILES string of the molecule is CCCOCCNc1c(F)cc(Br)cc1F. The van der Waals surface area contributed by atoms with Crippen molar-refractivity contribution >= 4 is 21.6 Å². The number of halogens is 3. The molecule has 0 heterocycles. The van der Waals surface area contributed by atoms with Crippen LogP contribution in [0.5, 0.6) is 0 Å². The average Bonchev–Trinajstić information content (AvgIpc) is 2.20. The summed E-state index contributed by atoms with van der Waals surface area (Å²) in [7, 11) is 0. The zero-order valence-electron chi connectivity index (χ0n) is 9.03. The van der Waals surface area contributed by atoms with Crippen LogP contribution in [0.3, 0.4) is 0 Å². The third kappa shape index (κ3) is 4.06. The Bertz CT molecular complexity index is 324. The molecule has 0 spiro atoms. The van der Waals surface area contributed by atoms with Gasteiger partial charge in [-0.05, 0) is 18.6 Å². The standard InChI is InChI=1S/C11H14BrF2NO/c1-2-4-16-5-3-15-11-9(13)6-8(12)7-10(11)14/h6-7,15H,2-5H2,1H3. The van der Waals surface area contributed by atoms with Crippen molar-refractivity contribution in [1.82, 2.24) is 0 Å². The van der Waals surface area contributed by atoms with E-state index in [1.165, 1.54) is 12.1 Å². The van der Waals surface area contributed by atoms with Crippen LogP contribution in [0.15, 0.2) is 16.6 Å². The lowest BCUT2D eigenvalue weighted by Gasteiger charge is -2.09. The van der Waals surface area contributed by atoms with Crippen molar-refractivity contribution in [3.63, 3.8) is 0 Å². The Morgan fingerprint density at radius 3 is 2.44 bits per heavy atom. The van der Waals surface area contributed by atoms with Gasteiger partial charge in [-0.1, -0.05) is 22.9 Å². The van der Waals surface area contributed by atoms with Gasteiger partial charge in [0.25, 0.3) is 0 Å². The van der Waals surface area contributed by atoms with Crippen molar-refractivity contribution in [1.29, 1.82) is 0 Å². The van der Waals surface area contributed by atoms with E-state index in [0.717, 1.165) is 6.42 Å². The van der Waals surface area contributed by atoms with Gasteiger partial charge in [0.1, 0.15) is 17.3 Å². The topological polar surface area (TPSA) is 21.3 Å². The zero-order chi connectivity index (χ0) is 12.0. The second-order valence-electron chi connectivity index (χ2n) is 3.28. The summed E-state index contributed by atoms with van der Waals surface area (Å²) in [6, 6.07) is 2.44. The van der Waals surface area contributed by atoms with Crippen molar-refractivity contribution in [2.24, 2.45) is 0 Å². The van der Waals surface area contributed by atoms with Crippen LogP contribution in [0.1, 0.15) is 13.3 Å². The molecule has 0 aliphatic carbocycles. The van der Waals surface area contributed by atoms with E-state index in [4.69, 9.17) is 4.74 Å². The lowest BCUT2D eigenvalue weighted by molar-refractivity contribution is 0.144. The van der Waals surface area contributed by atoms with Crippen LogP contribution in [-0.2, 0) is 4.74 Å². The molecule has 0 aromatic heterocycles. The van der Waals surface area contributed by atoms with Crippen LogP contribution in [0.2, 0.25) is 0 Å². The second-order valence-corrected chi connectivity index (χ2v) is 4.20. The van der Waals surface area contributed by atoms with Crippen molar-refractivity contribution in [3.8, 4) is 0 Å². The van der Waals surface area contributed by atoms with Gasteiger partial charge in [0.2, 0.25) is 0 Å². The molecule has 16 heavy (non-hydrogen) atoms. The fourth-order valence-corrected chi connectivity index (χ4v) is 1.61. The van der Waals surface area contributed by atoms with Gasteiger partial charge in [0.15, 0.2) is 0 Å². The smallest absolute Gasteiger partial charge is 0.150 e. The van der Waals surface area contributed by atoms with Gasteiger partial charge in [-0.25, -0.2) is 8.78 Å². The molecule has 1 aromatic rings. The van der Waals surface area contributed by atoms with E-state index in [1.54, 1.807) is 0 Å². The lowest BCUT2D eigenvalue weighted by Crippen LogP contribution is -2.12. The average molecular weight is 294 g/mol. The largest absolute Gasteiger partial charge is 0.380 e. The molecule has 0 saturated heterocycles. The molecule has 0 radical (unpaired) electrons. The summed E-state index contributed by atoms with van der Waals surface area (Å²) in [5, 5.41) is 2.67. The molecule has 0 unspecified atom stereocenters. The Kier molecular flexibility index (Phi) is 5.69. The fraction of sp³-hybridized carbons (Fsp3) is 0.455. The molecule has 0 aliphatic rings. The molecular formula is C11H14BrF2NO. The van der Waals surface area contributed by atoms with Gasteiger partial charge in [-0.15, -0.1) is 0 Å². The summed E-state index contributed by atoms with van der Waals surface area (Å²) < 4.78 is 32.2. The number of anilines is 1. The van der Waals surface area contributed by atoms with E-state index in [0.29, 0.717) is 24.2 Å². The molecular weight excluding hydrogens is 280 g/mol. The van der Waals surface area contributed by atoms with Crippen molar-refractivity contribution in [2.75, 3.05) is 25.1 Å². The summed E-state index contributed by atoms with van der Waals surface area (Å²) in [6.07, 6.45) is 0.932. The minimum Gasteiger partial charge on any atom is -0.380 e. The number of benzene rings is 1. The molecule has 5 heteroatoms. The molecule has 0 saturated carbocycles. The van der Waals surface area contributed by atoms with Crippen molar-refractivity contribution < 1.29 is 13.5 Å². The van der Waals surface area contributed by atoms with E-state index in [1.807, 2.05) is 6.92 Å². The number of ether oxygens (including phenoxy) is 1. The highest BCUT2D eigenvalue weighted by Crippen LogP contribution is 2.23. The first kappa shape index (κ1) is 13.4. The monoisotopic (exact) mass is 293 g/mol. The van der Waals surface area contributed by atoms with E-state index < -0.39 is 11.6 Å². The Morgan fingerprint density at radius 2 is 1.88 bits per heavy atom. The zero-order valence-corrected chi connectivity index (χ0v) is 10.6. The van der Waals surface area contributed by atoms with E-state index in [9.17, 15) is 8.78 Å². The minimum absolute atomic E-state index is 0.108. The summed E-state index contributed by atoms with van der Waals surface area (Å²) >= 11 is 3.02. The van der Waals surface area contributed by atoms with Gasteiger partial charge in [0.05, 0.1) is 6.61 Å². The van der Waals surface area contributed by atoms with Gasteiger partial charge in [-0.2, -0.15) is 0 Å². The van der Waals surface area contributed by atoms with Crippen LogP contribution >= 0.6 is 15.9 Å². The van der Waals surface area contributed by atoms with Gasteiger partial charge < -0.3 is 10.1 Å². The van der Waals surface area contributed by atoms with Crippen LogP contribution in [0.25, 0.3) is 0 Å².